The van der Waals surface area contributed by atoms with Gasteiger partial charge in [0.05, 0.1) is 6.61 Å². The summed E-state index contributed by atoms with van der Waals surface area (Å²) in [5.41, 5.74) is 0.289. The average Bonchev–Trinajstić information content (AvgIpc) is 2.40. The van der Waals surface area contributed by atoms with Crippen molar-refractivity contribution in [2.75, 3.05) is 19.7 Å². The van der Waals surface area contributed by atoms with Gasteiger partial charge in [0.2, 0.25) is 0 Å². The van der Waals surface area contributed by atoms with Crippen molar-refractivity contribution in [1.82, 2.24) is 5.32 Å². The van der Waals surface area contributed by atoms with Gasteiger partial charge >= 0.3 is 0 Å². The van der Waals surface area contributed by atoms with Crippen LogP contribution in [-0.4, -0.2) is 19.7 Å². The Morgan fingerprint density at radius 2 is 2.22 bits per heavy atom. The Morgan fingerprint density at radius 1 is 1.33 bits per heavy atom. The van der Waals surface area contributed by atoms with Crippen molar-refractivity contribution in [3.63, 3.8) is 0 Å². The number of halogens is 2. The smallest absolute Gasteiger partial charge is 0.164 e. The molecule has 1 atom stereocenters. The van der Waals surface area contributed by atoms with Gasteiger partial charge in [0, 0.05) is 12.2 Å². The third-order valence-corrected chi connectivity index (χ3v) is 3.36. The molecule has 1 aliphatic heterocycles. The minimum Gasteiger partial charge on any atom is -0.377 e. The fourth-order valence-corrected chi connectivity index (χ4v) is 2.26. The van der Waals surface area contributed by atoms with Crippen LogP contribution in [0.2, 0.25) is 0 Å². The van der Waals surface area contributed by atoms with Crippen LogP contribution in [0.15, 0.2) is 18.2 Å². The third-order valence-electron chi connectivity index (χ3n) is 3.36. The standard InChI is InChI=1S/C14H19F2NO/c15-13-5-1-4-12(14(13)16)10-18-8-6-11-3-2-7-17-9-11/h1,4-5,11,17H,2-3,6-10H2. The van der Waals surface area contributed by atoms with E-state index in [1.807, 2.05) is 0 Å². The van der Waals surface area contributed by atoms with Gasteiger partial charge in [-0.2, -0.15) is 0 Å². The van der Waals surface area contributed by atoms with Gasteiger partial charge in [-0.3, -0.25) is 0 Å². The summed E-state index contributed by atoms with van der Waals surface area (Å²) in [7, 11) is 0. The fraction of sp³-hybridized carbons (Fsp3) is 0.571. The molecule has 0 radical (unpaired) electrons. The summed E-state index contributed by atoms with van der Waals surface area (Å²) < 4.78 is 31.7. The molecule has 100 valence electrons. The van der Waals surface area contributed by atoms with Gasteiger partial charge in [0.15, 0.2) is 11.6 Å². The Balaban J connectivity index is 1.70. The van der Waals surface area contributed by atoms with E-state index in [1.165, 1.54) is 18.9 Å². The first-order chi connectivity index (χ1) is 8.77. The lowest BCUT2D eigenvalue weighted by Gasteiger charge is -2.22. The molecule has 2 nitrogen and oxygen atoms in total. The molecule has 1 fully saturated rings. The lowest BCUT2D eigenvalue weighted by atomic mass is 9.97. The SMILES string of the molecule is Fc1cccc(COCCC2CCCNC2)c1F. The molecule has 1 N–H and O–H groups in total. The van der Waals surface area contributed by atoms with E-state index in [4.69, 9.17) is 4.74 Å². The van der Waals surface area contributed by atoms with Gasteiger partial charge in [-0.05, 0) is 44.3 Å². The predicted octanol–water partition coefficient (Wildman–Crippen LogP) is 2.87. The van der Waals surface area contributed by atoms with Crippen LogP contribution in [0.25, 0.3) is 0 Å². The lowest BCUT2D eigenvalue weighted by Crippen LogP contribution is -2.30. The van der Waals surface area contributed by atoms with Crippen molar-refractivity contribution < 1.29 is 13.5 Å². The molecule has 1 unspecified atom stereocenters. The molecule has 1 aromatic rings. The molecule has 0 saturated carbocycles. The minimum absolute atomic E-state index is 0.143. The maximum atomic E-state index is 13.3. The molecule has 18 heavy (non-hydrogen) atoms. The van der Waals surface area contributed by atoms with Crippen LogP contribution in [0.1, 0.15) is 24.8 Å². The number of piperidine rings is 1. The van der Waals surface area contributed by atoms with Crippen molar-refractivity contribution in [2.24, 2.45) is 5.92 Å². The van der Waals surface area contributed by atoms with Gasteiger partial charge in [0.1, 0.15) is 0 Å². The van der Waals surface area contributed by atoms with Gasteiger partial charge in [-0.25, -0.2) is 8.78 Å². The quantitative estimate of drug-likeness (QED) is 0.817. The van der Waals surface area contributed by atoms with Crippen molar-refractivity contribution in [3.05, 3.63) is 35.4 Å². The summed E-state index contributed by atoms with van der Waals surface area (Å²) in [6, 6.07) is 4.18. The number of benzene rings is 1. The second kappa shape index (κ2) is 6.81. The average molecular weight is 255 g/mol. The highest BCUT2D eigenvalue weighted by atomic mass is 19.2. The Bertz CT molecular complexity index is 378. The molecule has 4 heteroatoms. The molecule has 1 heterocycles. The van der Waals surface area contributed by atoms with E-state index in [0.717, 1.165) is 25.6 Å². The Hall–Kier alpha value is -1.00. The first kappa shape index (κ1) is 13.4. The molecule has 0 aromatic heterocycles. The summed E-state index contributed by atoms with van der Waals surface area (Å²) >= 11 is 0. The first-order valence-corrected chi connectivity index (χ1v) is 6.48. The van der Waals surface area contributed by atoms with Crippen LogP contribution in [0.4, 0.5) is 8.78 Å². The molecular weight excluding hydrogens is 236 g/mol. The van der Waals surface area contributed by atoms with Crippen molar-refractivity contribution >= 4 is 0 Å². The van der Waals surface area contributed by atoms with Gasteiger partial charge in [0.25, 0.3) is 0 Å². The second-order valence-corrected chi connectivity index (χ2v) is 4.77. The van der Waals surface area contributed by atoms with E-state index in [0.29, 0.717) is 12.5 Å². The maximum Gasteiger partial charge on any atom is 0.164 e. The van der Waals surface area contributed by atoms with Crippen LogP contribution >= 0.6 is 0 Å². The zero-order chi connectivity index (χ0) is 12.8. The van der Waals surface area contributed by atoms with Crippen LogP contribution in [0.5, 0.6) is 0 Å². The zero-order valence-corrected chi connectivity index (χ0v) is 10.4. The Kier molecular flexibility index (Phi) is 5.08. The number of hydrogen-bond acceptors (Lipinski definition) is 2. The number of nitrogens with one attached hydrogen (secondary N) is 1. The van der Waals surface area contributed by atoms with E-state index in [2.05, 4.69) is 5.32 Å². The van der Waals surface area contributed by atoms with E-state index in [9.17, 15) is 8.78 Å². The van der Waals surface area contributed by atoms with E-state index < -0.39 is 11.6 Å². The van der Waals surface area contributed by atoms with E-state index in [-0.39, 0.29) is 12.2 Å². The summed E-state index contributed by atoms with van der Waals surface area (Å²) in [6.45, 7) is 2.88. The minimum atomic E-state index is -0.812. The van der Waals surface area contributed by atoms with Gasteiger partial charge in [-0.15, -0.1) is 0 Å². The molecule has 2 rings (SSSR count). The van der Waals surface area contributed by atoms with Crippen LogP contribution in [0.3, 0.4) is 0 Å². The topological polar surface area (TPSA) is 21.3 Å². The molecule has 0 aliphatic carbocycles. The van der Waals surface area contributed by atoms with E-state index in [1.54, 1.807) is 6.07 Å². The summed E-state index contributed by atoms with van der Waals surface area (Å²) in [5, 5.41) is 3.34. The predicted molar refractivity (Wildman–Crippen MR) is 66.2 cm³/mol. The molecule has 1 aromatic carbocycles. The van der Waals surface area contributed by atoms with Crippen LogP contribution < -0.4 is 5.32 Å². The second-order valence-electron chi connectivity index (χ2n) is 4.77. The molecule has 0 spiro atoms. The molecular formula is C14H19F2NO. The van der Waals surface area contributed by atoms with Crippen molar-refractivity contribution in [2.45, 2.75) is 25.9 Å². The number of ether oxygens (including phenoxy) is 1. The summed E-state index contributed by atoms with van der Waals surface area (Å²) in [4.78, 5) is 0. The Labute approximate surface area is 106 Å². The van der Waals surface area contributed by atoms with Crippen molar-refractivity contribution in [3.8, 4) is 0 Å². The third kappa shape index (κ3) is 3.75. The largest absolute Gasteiger partial charge is 0.377 e. The monoisotopic (exact) mass is 255 g/mol. The summed E-state index contributed by atoms with van der Waals surface area (Å²) in [5.74, 6) is -0.958. The fourth-order valence-electron chi connectivity index (χ4n) is 2.26. The van der Waals surface area contributed by atoms with Gasteiger partial charge in [-0.1, -0.05) is 12.1 Å². The highest BCUT2D eigenvalue weighted by molar-refractivity contribution is 5.17. The maximum absolute atomic E-state index is 13.3. The molecule has 0 amide bonds. The van der Waals surface area contributed by atoms with Crippen LogP contribution in [0, 0.1) is 17.6 Å². The lowest BCUT2D eigenvalue weighted by molar-refractivity contribution is 0.101. The summed E-state index contributed by atoms with van der Waals surface area (Å²) in [6.07, 6.45) is 3.41. The first-order valence-electron chi connectivity index (χ1n) is 6.48. The molecule has 1 aliphatic rings. The Morgan fingerprint density at radius 3 is 3.00 bits per heavy atom. The molecule has 0 bridgehead atoms. The normalized spacial score (nSPS) is 20.0. The van der Waals surface area contributed by atoms with Crippen molar-refractivity contribution in [1.29, 1.82) is 0 Å². The highest BCUT2D eigenvalue weighted by Gasteiger charge is 2.13. The number of rotatable bonds is 5. The van der Waals surface area contributed by atoms with Gasteiger partial charge < -0.3 is 10.1 Å². The number of hydrogen-bond donors (Lipinski definition) is 1. The zero-order valence-electron chi connectivity index (χ0n) is 10.4. The van der Waals surface area contributed by atoms with Crippen LogP contribution in [-0.2, 0) is 11.3 Å². The highest BCUT2D eigenvalue weighted by Crippen LogP contribution is 2.15. The molecule has 1 saturated heterocycles. The van der Waals surface area contributed by atoms with E-state index >= 15 is 0 Å².